The molecule has 0 unspecified atom stereocenters. The second kappa shape index (κ2) is 28.2. The van der Waals surface area contributed by atoms with Gasteiger partial charge in [-0.15, -0.1) is 0 Å². The van der Waals surface area contributed by atoms with Gasteiger partial charge in [0.25, 0.3) is 0 Å². The van der Waals surface area contributed by atoms with E-state index in [1.54, 1.807) is 0 Å². The van der Waals surface area contributed by atoms with Gasteiger partial charge in [-0.2, -0.15) is 0 Å². The van der Waals surface area contributed by atoms with Crippen LogP contribution in [-0.4, -0.2) is 219 Å². The molecule has 0 bridgehead atoms. The monoisotopic (exact) mass is 1040 g/mol. The number of carboxylic acid groups (broad SMARTS) is 2. The Balaban J connectivity index is 0.000000661. The summed E-state index contributed by atoms with van der Waals surface area (Å²) in [4.78, 5) is 39.1. The number of nitrogens with zero attached hydrogens (tertiary/aromatic N) is 6. The summed E-state index contributed by atoms with van der Waals surface area (Å²) >= 11 is 0. The van der Waals surface area contributed by atoms with Crippen molar-refractivity contribution in [2.45, 2.75) is 89.6 Å². The summed E-state index contributed by atoms with van der Waals surface area (Å²) in [6.07, 6.45) is 1.72. The first-order chi connectivity index (χ1) is 30.6. The first-order valence-electron chi connectivity index (χ1n) is 20.3. The number of aliphatic hydroxyl groups excluding tert-OH is 4. The maximum atomic E-state index is 13.5. The Morgan fingerprint density at radius 3 is 1.15 bits per heavy atom. The number of halogens is 2. The van der Waals surface area contributed by atoms with Crippen LogP contribution in [0.5, 0.6) is 0 Å². The number of rotatable bonds is 20. The van der Waals surface area contributed by atoms with E-state index in [1.807, 2.05) is 27.7 Å². The summed E-state index contributed by atoms with van der Waals surface area (Å²) in [6.45, 7) is 7.41. The van der Waals surface area contributed by atoms with Gasteiger partial charge in [-0.05, 0) is 60.4 Å². The van der Waals surface area contributed by atoms with Crippen molar-refractivity contribution in [3.05, 3.63) is 94.8 Å². The van der Waals surface area contributed by atoms with Crippen LogP contribution < -0.4 is 8.61 Å². The van der Waals surface area contributed by atoms with E-state index in [4.69, 9.17) is 10.2 Å². The zero-order chi connectivity index (χ0) is 49.8. The van der Waals surface area contributed by atoms with Gasteiger partial charge in [0.1, 0.15) is 11.6 Å². The number of anilines is 2. The van der Waals surface area contributed by atoms with Gasteiger partial charge >= 0.3 is 101 Å². The fraction of sp³-hybridized carbons (Fsp3) is 0.409. The number of sulfonamides is 2. The average Bonchev–Trinajstić information content (AvgIpc) is 3.20. The zero-order valence-electron chi connectivity index (χ0n) is 37.6. The van der Waals surface area contributed by atoms with Crippen LogP contribution in [0.15, 0.2) is 60.7 Å². The fourth-order valence-corrected chi connectivity index (χ4v) is 6.85. The van der Waals surface area contributed by atoms with Crippen LogP contribution in [0.4, 0.5) is 20.7 Å². The quantitative estimate of drug-likeness (QED) is 0.0693. The molecule has 68 heavy (non-hydrogen) atoms. The molecular formula is C44H59CaF2KN6O12S2. The molecule has 0 saturated carbocycles. The minimum absolute atomic E-state index is 0. The van der Waals surface area contributed by atoms with Gasteiger partial charge in [-0.1, -0.05) is 52.0 Å². The Hall–Kier alpha value is -2.88. The van der Waals surface area contributed by atoms with Crippen molar-refractivity contribution in [1.82, 2.24) is 19.9 Å². The van der Waals surface area contributed by atoms with Crippen molar-refractivity contribution in [2.75, 3.05) is 35.2 Å². The van der Waals surface area contributed by atoms with Gasteiger partial charge in [-0.3, -0.25) is 9.59 Å². The summed E-state index contributed by atoms with van der Waals surface area (Å²) in [5, 5.41) is 57.6. The van der Waals surface area contributed by atoms with E-state index in [-0.39, 0.29) is 126 Å². The number of carbonyl (C=O) groups is 2. The fourth-order valence-electron chi connectivity index (χ4n) is 6.09. The second-order valence-electron chi connectivity index (χ2n) is 16.0. The Morgan fingerprint density at radius 2 is 0.897 bits per heavy atom. The third-order valence-electron chi connectivity index (χ3n) is 9.63. The number of hydrogen-bond acceptors (Lipinski definition) is 14. The molecule has 2 aromatic carbocycles. The first-order valence-corrected chi connectivity index (χ1v) is 24.0. The van der Waals surface area contributed by atoms with Crippen molar-refractivity contribution < 1.29 is 65.8 Å². The molecule has 4 atom stereocenters. The van der Waals surface area contributed by atoms with E-state index in [1.165, 1.54) is 86.9 Å². The number of hydrogen-bond donors (Lipinski definition) is 6. The molecule has 4 aromatic rings. The number of aliphatic carboxylic acids is 2. The van der Waals surface area contributed by atoms with E-state index in [2.05, 4.69) is 19.9 Å². The van der Waals surface area contributed by atoms with Crippen LogP contribution in [0.3, 0.4) is 0 Å². The molecule has 2 heterocycles. The standard InChI is InChI=1S/2C22H28FN3O6S.Ca.K.3H/c2*1-13(2)20-18(10-9-16(27)11-17(28)12-19(29)30)21(14-5-7-15(23)8-6-14)25-22(24-20)26(3)33(4,31)32;;;;;/h2*5-10,13,16-17,27-28H,11-12H2,1-4H3,(H,29,30);;;;;/t2*16-,17-;;;;;/m11...../s1. The van der Waals surface area contributed by atoms with E-state index in [9.17, 15) is 55.6 Å². The van der Waals surface area contributed by atoms with Crippen LogP contribution in [-0.2, 0) is 29.6 Å². The minimum atomic E-state index is -3.65. The molecule has 2 aromatic heterocycles. The Morgan fingerprint density at radius 1 is 0.603 bits per heavy atom. The average molecular weight is 1050 g/mol. The molecule has 0 saturated heterocycles. The van der Waals surface area contributed by atoms with E-state index < -0.39 is 80.9 Å². The number of aromatic nitrogens is 4. The summed E-state index contributed by atoms with van der Waals surface area (Å²) < 4.78 is 77.2. The van der Waals surface area contributed by atoms with Crippen molar-refractivity contribution in [3.63, 3.8) is 0 Å². The summed E-state index contributed by atoms with van der Waals surface area (Å²) in [5.74, 6) is -3.74. The molecule has 0 aliphatic carbocycles. The second-order valence-corrected chi connectivity index (χ2v) is 20.0. The molecule has 6 N–H and O–H groups in total. The third kappa shape index (κ3) is 19.7. The molecular weight excluding hydrogens is 986 g/mol. The van der Waals surface area contributed by atoms with Crippen LogP contribution in [0, 0.1) is 11.6 Å². The van der Waals surface area contributed by atoms with Crippen molar-refractivity contribution in [3.8, 4) is 22.5 Å². The normalized spacial score (nSPS) is 13.5. The zero-order valence-corrected chi connectivity index (χ0v) is 39.2. The summed E-state index contributed by atoms with van der Waals surface area (Å²) in [6, 6.07) is 11.0. The van der Waals surface area contributed by atoms with Crippen LogP contribution in [0.25, 0.3) is 34.7 Å². The number of benzene rings is 2. The van der Waals surface area contributed by atoms with Crippen molar-refractivity contribution in [1.29, 1.82) is 0 Å². The first kappa shape index (κ1) is 63.1. The topological polar surface area (TPSA) is 282 Å². The summed E-state index contributed by atoms with van der Waals surface area (Å²) in [5.41, 5.74) is 3.60. The van der Waals surface area contributed by atoms with Gasteiger partial charge in [-0.25, -0.2) is 54.2 Å². The third-order valence-corrected chi connectivity index (χ3v) is 11.9. The van der Waals surface area contributed by atoms with Gasteiger partial charge in [0.2, 0.25) is 31.9 Å². The molecule has 0 aliphatic heterocycles. The molecule has 0 aliphatic rings. The summed E-state index contributed by atoms with van der Waals surface area (Å²) in [7, 11) is -4.65. The Bertz CT molecular complexity index is 2430. The van der Waals surface area contributed by atoms with Crippen LogP contribution in [0.2, 0.25) is 0 Å². The Labute approximate surface area is 467 Å². The van der Waals surface area contributed by atoms with Crippen molar-refractivity contribution in [2.24, 2.45) is 0 Å². The van der Waals surface area contributed by atoms with Gasteiger partial charge in [0, 0.05) is 49.2 Å². The van der Waals surface area contributed by atoms with E-state index in [0.29, 0.717) is 45.0 Å². The van der Waals surface area contributed by atoms with Crippen LogP contribution in [0.1, 0.15) is 87.7 Å². The maximum absolute atomic E-state index is 13.5. The molecule has 0 fully saturated rings. The number of aliphatic hydroxyl groups is 4. The molecule has 18 nitrogen and oxygen atoms in total. The van der Waals surface area contributed by atoms with E-state index >= 15 is 0 Å². The molecule has 0 spiro atoms. The van der Waals surface area contributed by atoms with E-state index in [0.717, 1.165) is 21.1 Å². The molecule has 366 valence electrons. The van der Waals surface area contributed by atoms with Crippen LogP contribution >= 0.6 is 0 Å². The molecule has 24 heteroatoms. The SMILES string of the molecule is CC(C)c1nc(N(C)S(C)(=O)=O)nc(-c2ccc(F)cc2)c1C=C[C@@H](O)C[C@@H](O)CC(=O)O.CC(C)c1nc(N(C)S(C)(=O)=O)nc(-c2ccc(F)cc2)c1C=C[C@@H](O)C[C@@H](O)CC(=O)O.[CaH2].[KH]. The molecule has 0 amide bonds. The number of carboxylic acids is 2. The van der Waals surface area contributed by atoms with Gasteiger partial charge in [0.15, 0.2) is 0 Å². The van der Waals surface area contributed by atoms with Gasteiger partial charge < -0.3 is 30.6 Å². The molecule has 0 radical (unpaired) electrons. The Kier molecular flexibility index (Phi) is 26.2. The van der Waals surface area contributed by atoms with Gasteiger partial charge in [0.05, 0.1) is 72.5 Å². The van der Waals surface area contributed by atoms with Crippen molar-refractivity contribution >= 4 is 145 Å². The predicted octanol–water partition coefficient (Wildman–Crippen LogP) is 3.24. The molecule has 4 rings (SSSR count). The predicted molar refractivity (Wildman–Crippen MR) is 261 cm³/mol.